The first kappa shape index (κ1) is 11.6. The number of furan rings is 1. The quantitative estimate of drug-likeness (QED) is 0.818. The van der Waals surface area contributed by atoms with E-state index in [1.807, 2.05) is 12.1 Å². The predicted octanol–water partition coefficient (Wildman–Crippen LogP) is 0.744. The molecule has 0 aromatic carbocycles. The van der Waals surface area contributed by atoms with Gasteiger partial charge in [0.1, 0.15) is 5.76 Å². The van der Waals surface area contributed by atoms with Crippen LogP contribution in [0.15, 0.2) is 22.8 Å². The van der Waals surface area contributed by atoms with Crippen molar-refractivity contribution in [2.45, 2.75) is 19.0 Å². The fraction of sp³-hybridized carbons (Fsp3) is 0.667. The Bertz CT molecular complexity index is 299. The van der Waals surface area contributed by atoms with Crippen LogP contribution >= 0.6 is 0 Å². The molecule has 0 amide bonds. The van der Waals surface area contributed by atoms with Gasteiger partial charge in [-0.2, -0.15) is 0 Å². The molecule has 1 aromatic rings. The molecule has 0 aliphatic carbocycles. The Labute approximate surface area is 97.0 Å². The van der Waals surface area contributed by atoms with Crippen molar-refractivity contribution in [2.75, 3.05) is 33.2 Å². The fourth-order valence-electron chi connectivity index (χ4n) is 2.33. The van der Waals surface area contributed by atoms with Crippen LogP contribution in [0.4, 0.5) is 0 Å². The summed E-state index contributed by atoms with van der Waals surface area (Å²) in [6.45, 7) is 5.00. The summed E-state index contributed by atoms with van der Waals surface area (Å²) in [6, 6.07) is 4.55. The molecule has 0 bridgehead atoms. The van der Waals surface area contributed by atoms with Gasteiger partial charge < -0.3 is 15.1 Å². The number of hydrogen-bond acceptors (Lipinski definition) is 4. The van der Waals surface area contributed by atoms with E-state index in [9.17, 15) is 0 Å². The summed E-state index contributed by atoms with van der Waals surface area (Å²) in [4.78, 5) is 4.85. The zero-order valence-corrected chi connectivity index (χ0v) is 9.93. The van der Waals surface area contributed by atoms with Gasteiger partial charge in [-0.15, -0.1) is 0 Å². The number of likely N-dealkylation sites (N-methyl/N-ethyl adjacent to an activating group) is 1. The van der Waals surface area contributed by atoms with Gasteiger partial charge in [0.05, 0.1) is 12.8 Å². The van der Waals surface area contributed by atoms with Crippen LogP contribution in [0.3, 0.4) is 0 Å². The standard InChI is InChI=1S/C12H21N3O/c1-14-6-7-15(11(9-14)4-5-13)10-12-3-2-8-16-12/h2-3,8,11H,4-7,9-10,13H2,1H3. The molecule has 1 atom stereocenters. The molecule has 2 heterocycles. The second-order valence-corrected chi connectivity index (χ2v) is 4.54. The van der Waals surface area contributed by atoms with Crippen molar-refractivity contribution in [2.24, 2.45) is 5.73 Å². The summed E-state index contributed by atoms with van der Waals surface area (Å²) >= 11 is 0. The first-order valence-corrected chi connectivity index (χ1v) is 5.94. The van der Waals surface area contributed by atoms with E-state index in [0.717, 1.165) is 44.9 Å². The summed E-state index contributed by atoms with van der Waals surface area (Å²) in [5.74, 6) is 1.05. The molecule has 4 nitrogen and oxygen atoms in total. The van der Waals surface area contributed by atoms with Gasteiger partial charge in [0.15, 0.2) is 0 Å². The molecule has 16 heavy (non-hydrogen) atoms. The maximum atomic E-state index is 5.67. The third-order valence-electron chi connectivity index (χ3n) is 3.25. The third-order valence-corrected chi connectivity index (χ3v) is 3.25. The molecular weight excluding hydrogens is 202 g/mol. The van der Waals surface area contributed by atoms with Crippen molar-refractivity contribution >= 4 is 0 Å². The maximum absolute atomic E-state index is 5.67. The van der Waals surface area contributed by atoms with E-state index in [0.29, 0.717) is 6.04 Å². The Morgan fingerprint density at radius 1 is 1.50 bits per heavy atom. The summed E-state index contributed by atoms with van der Waals surface area (Å²) in [6.07, 6.45) is 2.80. The van der Waals surface area contributed by atoms with Crippen molar-refractivity contribution in [3.63, 3.8) is 0 Å². The van der Waals surface area contributed by atoms with Crippen molar-refractivity contribution in [3.8, 4) is 0 Å². The highest BCUT2D eigenvalue weighted by Crippen LogP contribution is 2.15. The second-order valence-electron chi connectivity index (χ2n) is 4.54. The van der Waals surface area contributed by atoms with Crippen molar-refractivity contribution in [1.29, 1.82) is 0 Å². The van der Waals surface area contributed by atoms with E-state index >= 15 is 0 Å². The lowest BCUT2D eigenvalue weighted by atomic mass is 10.1. The Balaban J connectivity index is 1.95. The Kier molecular flexibility index (Phi) is 3.98. The fourth-order valence-corrected chi connectivity index (χ4v) is 2.33. The van der Waals surface area contributed by atoms with Crippen molar-refractivity contribution in [1.82, 2.24) is 9.80 Å². The molecule has 0 radical (unpaired) electrons. The van der Waals surface area contributed by atoms with Crippen LogP contribution in [0.2, 0.25) is 0 Å². The number of nitrogens with two attached hydrogens (primary N) is 1. The van der Waals surface area contributed by atoms with Gasteiger partial charge in [-0.1, -0.05) is 0 Å². The van der Waals surface area contributed by atoms with E-state index in [4.69, 9.17) is 10.2 Å². The summed E-state index contributed by atoms with van der Waals surface area (Å²) in [5, 5.41) is 0. The molecule has 1 unspecified atom stereocenters. The Morgan fingerprint density at radius 3 is 3.06 bits per heavy atom. The second kappa shape index (κ2) is 5.48. The van der Waals surface area contributed by atoms with E-state index < -0.39 is 0 Å². The molecule has 2 rings (SSSR count). The minimum absolute atomic E-state index is 0.564. The highest BCUT2D eigenvalue weighted by Gasteiger charge is 2.24. The lowest BCUT2D eigenvalue weighted by Gasteiger charge is -2.39. The summed E-state index contributed by atoms with van der Waals surface area (Å²) in [5.41, 5.74) is 5.67. The van der Waals surface area contributed by atoms with Gasteiger partial charge in [0.2, 0.25) is 0 Å². The number of hydrogen-bond donors (Lipinski definition) is 1. The van der Waals surface area contributed by atoms with Gasteiger partial charge in [0, 0.05) is 25.7 Å². The molecule has 1 fully saturated rings. The highest BCUT2D eigenvalue weighted by atomic mass is 16.3. The lowest BCUT2D eigenvalue weighted by Crippen LogP contribution is -2.51. The minimum Gasteiger partial charge on any atom is -0.468 e. The first-order chi connectivity index (χ1) is 7.79. The SMILES string of the molecule is CN1CCN(Cc2ccco2)C(CCN)C1. The molecule has 0 spiro atoms. The molecule has 90 valence electrons. The number of rotatable bonds is 4. The Hall–Kier alpha value is -0.840. The maximum Gasteiger partial charge on any atom is 0.117 e. The van der Waals surface area contributed by atoms with Crippen LogP contribution in [-0.4, -0.2) is 49.1 Å². The van der Waals surface area contributed by atoms with Crippen LogP contribution in [0, 0.1) is 0 Å². The van der Waals surface area contributed by atoms with Crippen LogP contribution in [-0.2, 0) is 6.54 Å². The molecule has 1 aliphatic heterocycles. The Morgan fingerprint density at radius 2 is 2.38 bits per heavy atom. The first-order valence-electron chi connectivity index (χ1n) is 5.94. The smallest absolute Gasteiger partial charge is 0.117 e. The van der Waals surface area contributed by atoms with Gasteiger partial charge in [-0.05, 0) is 32.1 Å². The summed E-state index contributed by atoms with van der Waals surface area (Å²) < 4.78 is 5.40. The zero-order valence-electron chi connectivity index (χ0n) is 9.93. The molecule has 2 N–H and O–H groups in total. The topological polar surface area (TPSA) is 45.6 Å². The van der Waals surface area contributed by atoms with Crippen LogP contribution < -0.4 is 5.73 Å². The monoisotopic (exact) mass is 223 g/mol. The predicted molar refractivity (Wildman–Crippen MR) is 64.1 cm³/mol. The molecule has 1 aliphatic rings. The normalized spacial score (nSPS) is 23.8. The van der Waals surface area contributed by atoms with Crippen LogP contribution in [0.25, 0.3) is 0 Å². The third kappa shape index (κ3) is 2.84. The highest BCUT2D eigenvalue weighted by molar-refractivity contribution is 4.99. The van der Waals surface area contributed by atoms with Crippen molar-refractivity contribution in [3.05, 3.63) is 24.2 Å². The molecular formula is C12H21N3O. The lowest BCUT2D eigenvalue weighted by molar-refractivity contribution is 0.0739. The van der Waals surface area contributed by atoms with Crippen LogP contribution in [0.5, 0.6) is 0 Å². The number of piperazine rings is 1. The van der Waals surface area contributed by atoms with E-state index in [1.165, 1.54) is 0 Å². The van der Waals surface area contributed by atoms with Gasteiger partial charge >= 0.3 is 0 Å². The van der Waals surface area contributed by atoms with E-state index in [2.05, 4.69) is 16.8 Å². The molecule has 1 saturated heterocycles. The molecule has 0 saturated carbocycles. The van der Waals surface area contributed by atoms with E-state index in [-0.39, 0.29) is 0 Å². The van der Waals surface area contributed by atoms with Crippen LogP contribution in [0.1, 0.15) is 12.2 Å². The van der Waals surface area contributed by atoms with E-state index in [1.54, 1.807) is 6.26 Å². The van der Waals surface area contributed by atoms with Crippen molar-refractivity contribution < 1.29 is 4.42 Å². The van der Waals surface area contributed by atoms with Gasteiger partial charge in [-0.25, -0.2) is 0 Å². The largest absolute Gasteiger partial charge is 0.468 e. The average Bonchev–Trinajstić information content (AvgIpc) is 2.75. The van der Waals surface area contributed by atoms with Gasteiger partial charge in [-0.3, -0.25) is 4.90 Å². The number of nitrogens with zero attached hydrogens (tertiary/aromatic N) is 2. The molecule has 1 aromatic heterocycles. The molecule has 4 heteroatoms. The van der Waals surface area contributed by atoms with Gasteiger partial charge in [0.25, 0.3) is 0 Å². The minimum atomic E-state index is 0.564. The zero-order chi connectivity index (χ0) is 11.4. The average molecular weight is 223 g/mol. The summed E-state index contributed by atoms with van der Waals surface area (Å²) in [7, 11) is 2.17.